The predicted molar refractivity (Wildman–Crippen MR) is 69.3 cm³/mol. The van der Waals surface area contributed by atoms with Crippen molar-refractivity contribution < 1.29 is 9.53 Å². The first kappa shape index (κ1) is 12.8. The highest BCUT2D eigenvalue weighted by atomic mass is 16.5. The molecule has 98 valence electrons. The van der Waals surface area contributed by atoms with Crippen LogP contribution >= 0.6 is 0 Å². The molecule has 1 aliphatic rings. The molecule has 3 N–H and O–H groups in total. The molecule has 0 radical (unpaired) electrons. The van der Waals surface area contributed by atoms with Crippen LogP contribution in [0.15, 0.2) is 18.3 Å². The number of amides is 1. The van der Waals surface area contributed by atoms with Gasteiger partial charge in [0.1, 0.15) is 0 Å². The van der Waals surface area contributed by atoms with E-state index in [1.165, 1.54) is 0 Å². The van der Waals surface area contributed by atoms with Crippen LogP contribution in [0.25, 0.3) is 0 Å². The minimum atomic E-state index is 0.0390. The topological polar surface area (TPSA) is 77.2 Å². The number of carbonyl (C=O) groups excluding carboxylic acids is 1. The lowest BCUT2D eigenvalue weighted by Gasteiger charge is -2.17. The highest BCUT2D eigenvalue weighted by Gasteiger charge is 2.31. The number of aromatic nitrogens is 1. The van der Waals surface area contributed by atoms with Gasteiger partial charge in [0.05, 0.1) is 19.0 Å². The van der Waals surface area contributed by atoms with Gasteiger partial charge in [-0.15, -0.1) is 0 Å². The summed E-state index contributed by atoms with van der Waals surface area (Å²) in [6.07, 6.45) is 4.66. The van der Waals surface area contributed by atoms with Gasteiger partial charge in [-0.3, -0.25) is 4.79 Å². The molecule has 2 atom stereocenters. The number of pyridine rings is 1. The number of rotatable bonds is 4. The zero-order valence-electron chi connectivity index (χ0n) is 10.6. The summed E-state index contributed by atoms with van der Waals surface area (Å²) in [6, 6.07) is 3.51. The van der Waals surface area contributed by atoms with E-state index in [0.717, 1.165) is 19.3 Å². The van der Waals surface area contributed by atoms with Crippen molar-refractivity contribution in [3.63, 3.8) is 0 Å². The monoisotopic (exact) mass is 249 g/mol. The Balaban J connectivity index is 1.97. The molecule has 0 aliphatic heterocycles. The smallest absolute Gasteiger partial charge is 0.227 e. The second-order valence-electron chi connectivity index (χ2n) is 4.61. The summed E-state index contributed by atoms with van der Waals surface area (Å²) in [4.78, 5) is 16.2. The SMILES string of the molecule is COc1ccc(NC(=O)C2CCCC2CN)cn1. The van der Waals surface area contributed by atoms with E-state index < -0.39 is 0 Å². The van der Waals surface area contributed by atoms with Gasteiger partial charge < -0.3 is 15.8 Å². The number of carbonyl (C=O) groups is 1. The van der Waals surface area contributed by atoms with Crippen LogP contribution in [0, 0.1) is 11.8 Å². The molecule has 1 aliphatic carbocycles. The Morgan fingerprint density at radius 2 is 2.39 bits per heavy atom. The Morgan fingerprint density at radius 1 is 1.56 bits per heavy atom. The summed E-state index contributed by atoms with van der Waals surface area (Å²) in [6.45, 7) is 0.582. The summed E-state index contributed by atoms with van der Waals surface area (Å²) in [5, 5.41) is 2.89. The minimum absolute atomic E-state index is 0.0390. The van der Waals surface area contributed by atoms with Crippen LogP contribution < -0.4 is 15.8 Å². The normalized spacial score (nSPS) is 22.8. The first-order chi connectivity index (χ1) is 8.74. The Kier molecular flexibility index (Phi) is 4.15. The Hall–Kier alpha value is -1.62. The Bertz CT molecular complexity index is 405. The molecule has 1 saturated carbocycles. The Labute approximate surface area is 107 Å². The maximum Gasteiger partial charge on any atom is 0.227 e. The van der Waals surface area contributed by atoms with Crippen LogP contribution in [0.4, 0.5) is 5.69 Å². The van der Waals surface area contributed by atoms with E-state index in [4.69, 9.17) is 10.5 Å². The molecule has 1 amide bonds. The number of hydrogen-bond donors (Lipinski definition) is 2. The van der Waals surface area contributed by atoms with Crippen LogP contribution in [-0.2, 0) is 4.79 Å². The molecule has 1 aromatic rings. The summed E-state index contributed by atoms with van der Waals surface area (Å²) < 4.78 is 4.97. The van der Waals surface area contributed by atoms with Crippen LogP contribution in [-0.4, -0.2) is 24.5 Å². The highest BCUT2D eigenvalue weighted by Crippen LogP contribution is 2.31. The molecule has 1 aromatic heterocycles. The fraction of sp³-hybridized carbons (Fsp3) is 0.538. The summed E-state index contributed by atoms with van der Waals surface area (Å²) >= 11 is 0. The van der Waals surface area contributed by atoms with Gasteiger partial charge in [0.15, 0.2) is 0 Å². The van der Waals surface area contributed by atoms with Crippen molar-refractivity contribution in [2.75, 3.05) is 19.0 Å². The molecule has 0 spiro atoms. The van der Waals surface area contributed by atoms with Crippen molar-refractivity contribution in [1.29, 1.82) is 0 Å². The lowest BCUT2D eigenvalue weighted by molar-refractivity contribution is -0.120. The first-order valence-corrected chi connectivity index (χ1v) is 6.25. The lowest BCUT2D eigenvalue weighted by atomic mass is 9.95. The van der Waals surface area contributed by atoms with E-state index in [9.17, 15) is 4.79 Å². The molecular weight excluding hydrogens is 230 g/mol. The molecule has 0 aromatic carbocycles. The van der Waals surface area contributed by atoms with Gasteiger partial charge in [-0.1, -0.05) is 6.42 Å². The third-order valence-electron chi connectivity index (χ3n) is 3.51. The molecular formula is C13H19N3O2. The van der Waals surface area contributed by atoms with Crippen molar-refractivity contribution in [3.8, 4) is 5.88 Å². The molecule has 0 saturated heterocycles. The second kappa shape index (κ2) is 5.82. The van der Waals surface area contributed by atoms with Gasteiger partial charge in [0.2, 0.25) is 11.8 Å². The second-order valence-corrected chi connectivity index (χ2v) is 4.61. The van der Waals surface area contributed by atoms with E-state index in [1.807, 2.05) is 0 Å². The zero-order chi connectivity index (χ0) is 13.0. The molecule has 2 rings (SSSR count). The van der Waals surface area contributed by atoms with Gasteiger partial charge in [0, 0.05) is 12.0 Å². The number of hydrogen-bond acceptors (Lipinski definition) is 4. The predicted octanol–water partition coefficient (Wildman–Crippen LogP) is 1.40. The largest absolute Gasteiger partial charge is 0.481 e. The molecule has 5 heteroatoms. The number of ether oxygens (including phenoxy) is 1. The third-order valence-corrected chi connectivity index (χ3v) is 3.51. The van der Waals surface area contributed by atoms with E-state index in [1.54, 1.807) is 25.4 Å². The van der Waals surface area contributed by atoms with Crippen LogP contribution in [0.2, 0.25) is 0 Å². The molecule has 1 fully saturated rings. The van der Waals surface area contributed by atoms with Gasteiger partial charge >= 0.3 is 0 Å². The fourth-order valence-corrected chi connectivity index (χ4v) is 2.47. The quantitative estimate of drug-likeness (QED) is 0.845. The van der Waals surface area contributed by atoms with Crippen LogP contribution in [0.5, 0.6) is 5.88 Å². The van der Waals surface area contributed by atoms with Crippen molar-refractivity contribution in [1.82, 2.24) is 4.98 Å². The summed E-state index contributed by atoms with van der Waals surface area (Å²) in [7, 11) is 1.56. The van der Waals surface area contributed by atoms with Crippen molar-refractivity contribution in [2.24, 2.45) is 17.6 Å². The first-order valence-electron chi connectivity index (χ1n) is 6.25. The average Bonchev–Trinajstić information content (AvgIpc) is 2.88. The van der Waals surface area contributed by atoms with E-state index in [-0.39, 0.29) is 11.8 Å². The highest BCUT2D eigenvalue weighted by molar-refractivity contribution is 5.92. The number of anilines is 1. The molecule has 18 heavy (non-hydrogen) atoms. The third kappa shape index (κ3) is 2.79. The van der Waals surface area contributed by atoms with Crippen molar-refractivity contribution in [3.05, 3.63) is 18.3 Å². The maximum absolute atomic E-state index is 12.1. The summed E-state index contributed by atoms with van der Waals surface area (Å²) in [5.74, 6) is 0.942. The van der Waals surface area contributed by atoms with Crippen molar-refractivity contribution in [2.45, 2.75) is 19.3 Å². The molecule has 2 unspecified atom stereocenters. The number of nitrogens with zero attached hydrogens (tertiary/aromatic N) is 1. The molecule has 1 heterocycles. The number of methoxy groups -OCH3 is 1. The van der Waals surface area contributed by atoms with E-state index in [2.05, 4.69) is 10.3 Å². The standard InChI is InChI=1S/C13H19N3O2/c1-18-12-6-5-10(8-15-12)16-13(17)11-4-2-3-9(11)7-14/h5-6,8-9,11H,2-4,7,14H2,1H3,(H,16,17). The number of nitrogens with two attached hydrogens (primary N) is 1. The molecule has 0 bridgehead atoms. The maximum atomic E-state index is 12.1. The van der Waals surface area contributed by atoms with Gasteiger partial charge in [-0.05, 0) is 31.4 Å². The van der Waals surface area contributed by atoms with Gasteiger partial charge in [-0.2, -0.15) is 0 Å². The minimum Gasteiger partial charge on any atom is -0.481 e. The lowest BCUT2D eigenvalue weighted by Crippen LogP contribution is -2.29. The number of nitrogens with one attached hydrogen (secondary N) is 1. The van der Waals surface area contributed by atoms with E-state index in [0.29, 0.717) is 24.0 Å². The average molecular weight is 249 g/mol. The fourth-order valence-electron chi connectivity index (χ4n) is 2.47. The van der Waals surface area contributed by atoms with E-state index >= 15 is 0 Å². The zero-order valence-corrected chi connectivity index (χ0v) is 10.6. The van der Waals surface area contributed by atoms with Crippen LogP contribution in [0.1, 0.15) is 19.3 Å². The van der Waals surface area contributed by atoms with Gasteiger partial charge in [0.25, 0.3) is 0 Å². The van der Waals surface area contributed by atoms with Gasteiger partial charge in [-0.25, -0.2) is 4.98 Å². The van der Waals surface area contributed by atoms with Crippen LogP contribution in [0.3, 0.4) is 0 Å². The molecule has 5 nitrogen and oxygen atoms in total. The Morgan fingerprint density at radius 3 is 3.00 bits per heavy atom. The van der Waals surface area contributed by atoms with Crippen molar-refractivity contribution >= 4 is 11.6 Å². The summed E-state index contributed by atoms with van der Waals surface area (Å²) in [5.41, 5.74) is 6.38.